The summed E-state index contributed by atoms with van der Waals surface area (Å²) in [6, 6.07) is 15.0. The van der Waals surface area contributed by atoms with E-state index in [0.717, 1.165) is 18.4 Å². The third kappa shape index (κ3) is 1.32. The van der Waals surface area contributed by atoms with Gasteiger partial charge in [0.05, 0.1) is 17.1 Å². The summed E-state index contributed by atoms with van der Waals surface area (Å²) in [6.45, 7) is 0. The van der Waals surface area contributed by atoms with E-state index in [2.05, 4.69) is 42.5 Å². The first-order valence-corrected chi connectivity index (χ1v) is 6.87. The fraction of sp³-hybridized carbons (Fsp3) is 0.235. The Balaban J connectivity index is 1.89. The summed E-state index contributed by atoms with van der Waals surface area (Å²) in [6.07, 6.45) is 3.07. The van der Waals surface area contributed by atoms with Gasteiger partial charge in [-0.05, 0) is 36.1 Å². The number of rotatable bonds is 0. The Morgan fingerprint density at radius 3 is 3.00 bits per heavy atom. The third-order valence-electron chi connectivity index (χ3n) is 4.40. The minimum atomic E-state index is 0.349. The van der Waals surface area contributed by atoms with Gasteiger partial charge in [0.25, 0.3) is 0 Å². The van der Waals surface area contributed by atoms with Crippen LogP contribution in [0.5, 0.6) is 0 Å². The van der Waals surface area contributed by atoms with E-state index in [0.29, 0.717) is 12.2 Å². The van der Waals surface area contributed by atoms with Gasteiger partial charge in [0.2, 0.25) is 0 Å². The van der Waals surface area contributed by atoms with Gasteiger partial charge in [-0.1, -0.05) is 30.3 Å². The largest absolute Gasteiger partial charge is 0.364 e. The molecule has 1 aromatic heterocycles. The van der Waals surface area contributed by atoms with Crippen LogP contribution in [0.2, 0.25) is 0 Å². The van der Waals surface area contributed by atoms with E-state index in [1.54, 1.807) is 0 Å². The molecular formula is C17H13NO. The fourth-order valence-electron chi connectivity index (χ4n) is 3.37. The van der Waals surface area contributed by atoms with Gasteiger partial charge >= 0.3 is 0 Å². The van der Waals surface area contributed by atoms with Gasteiger partial charge in [0.1, 0.15) is 6.10 Å². The summed E-state index contributed by atoms with van der Waals surface area (Å²) in [4.78, 5) is 4.89. The molecule has 5 rings (SSSR count). The van der Waals surface area contributed by atoms with Crippen molar-refractivity contribution in [2.24, 2.45) is 0 Å². The molecule has 2 aliphatic rings. The second-order valence-corrected chi connectivity index (χ2v) is 5.52. The lowest BCUT2D eigenvalue weighted by Crippen LogP contribution is -2.05. The molecule has 0 spiro atoms. The summed E-state index contributed by atoms with van der Waals surface area (Å²) >= 11 is 0. The molecule has 2 aromatic carbocycles. The fourth-order valence-corrected chi connectivity index (χ4v) is 3.37. The van der Waals surface area contributed by atoms with Gasteiger partial charge in [-0.25, -0.2) is 4.98 Å². The number of hydrogen-bond acceptors (Lipinski definition) is 2. The number of aryl methyl sites for hydroxylation is 1. The molecule has 0 amide bonds. The maximum absolute atomic E-state index is 5.71. The molecule has 0 bridgehead atoms. The Labute approximate surface area is 111 Å². The predicted octanol–water partition coefficient (Wildman–Crippen LogP) is 3.77. The van der Waals surface area contributed by atoms with Crippen LogP contribution in [0.1, 0.15) is 23.7 Å². The van der Waals surface area contributed by atoms with Crippen LogP contribution in [-0.4, -0.2) is 11.1 Å². The predicted molar refractivity (Wildman–Crippen MR) is 75.2 cm³/mol. The molecule has 2 atom stereocenters. The van der Waals surface area contributed by atoms with Crippen molar-refractivity contribution in [3.8, 4) is 0 Å². The first kappa shape index (κ1) is 9.93. The van der Waals surface area contributed by atoms with E-state index in [4.69, 9.17) is 9.72 Å². The lowest BCUT2D eigenvalue weighted by molar-refractivity contribution is 0.373. The molecule has 1 aliphatic carbocycles. The number of benzene rings is 2. The Bertz CT molecular complexity index is 824. The first-order chi connectivity index (χ1) is 9.40. The molecule has 92 valence electrons. The number of para-hydroxylation sites is 1. The van der Waals surface area contributed by atoms with Gasteiger partial charge in [0, 0.05) is 10.8 Å². The van der Waals surface area contributed by atoms with Crippen LogP contribution in [0.4, 0.5) is 0 Å². The summed E-state index contributed by atoms with van der Waals surface area (Å²) in [7, 11) is 0. The Morgan fingerprint density at radius 1 is 1.05 bits per heavy atom. The molecular weight excluding hydrogens is 234 g/mol. The third-order valence-corrected chi connectivity index (χ3v) is 4.40. The molecule has 0 saturated carbocycles. The lowest BCUT2D eigenvalue weighted by Gasteiger charge is -2.14. The van der Waals surface area contributed by atoms with Crippen molar-refractivity contribution < 1.29 is 4.74 Å². The summed E-state index contributed by atoms with van der Waals surface area (Å²) in [5, 5.41) is 2.46. The molecule has 2 nitrogen and oxygen atoms in total. The minimum Gasteiger partial charge on any atom is -0.364 e. The highest BCUT2D eigenvalue weighted by molar-refractivity contribution is 5.94. The molecule has 19 heavy (non-hydrogen) atoms. The van der Waals surface area contributed by atoms with Crippen molar-refractivity contribution in [1.82, 2.24) is 4.98 Å². The highest BCUT2D eigenvalue weighted by Gasteiger charge is 2.44. The van der Waals surface area contributed by atoms with Gasteiger partial charge in [-0.15, -0.1) is 0 Å². The first-order valence-electron chi connectivity index (χ1n) is 6.87. The lowest BCUT2D eigenvalue weighted by atomic mass is 9.89. The average Bonchev–Trinajstić information content (AvgIpc) is 3.24. The van der Waals surface area contributed by atoms with Gasteiger partial charge < -0.3 is 4.74 Å². The molecule has 2 heterocycles. The highest BCUT2D eigenvalue weighted by Crippen LogP contribution is 2.48. The van der Waals surface area contributed by atoms with Crippen LogP contribution in [0.25, 0.3) is 21.8 Å². The smallest absolute Gasteiger partial charge is 0.110 e. The Morgan fingerprint density at radius 2 is 2.00 bits per heavy atom. The monoisotopic (exact) mass is 247 g/mol. The second kappa shape index (κ2) is 3.34. The van der Waals surface area contributed by atoms with Gasteiger partial charge in [-0.2, -0.15) is 0 Å². The normalized spacial score (nSPS) is 24.2. The van der Waals surface area contributed by atoms with Crippen molar-refractivity contribution >= 4 is 21.8 Å². The quantitative estimate of drug-likeness (QED) is 0.446. The van der Waals surface area contributed by atoms with E-state index in [-0.39, 0.29) is 0 Å². The number of hydrogen-bond donors (Lipinski definition) is 0. The molecule has 3 aromatic rings. The van der Waals surface area contributed by atoms with Crippen molar-refractivity contribution in [2.45, 2.75) is 25.0 Å². The van der Waals surface area contributed by atoms with Crippen LogP contribution in [0, 0.1) is 0 Å². The van der Waals surface area contributed by atoms with Crippen LogP contribution in [-0.2, 0) is 11.2 Å². The summed E-state index contributed by atoms with van der Waals surface area (Å²) in [5.41, 5.74) is 5.03. The van der Waals surface area contributed by atoms with Crippen molar-refractivity contribution in [2.75, 3.05) is 0 Å². The van der Waals surface area contributed by atoms with Gasteiger partial charge in [0.15, 0.2) is 0 Å². The van der Waals surface area contributed by atoms with Gasteiger partial charge in [-0.3, -0.25) is 0 Å². The van der Waals surface area contributed by atoms with Crippen molar-refractivity contribution in [3.63, 3.8) is 0 Å². The molecule has 1 aliphatic heterocycles. The molecule has 2 unspecified atom stereocenters. The zero-order valence-electron chi connectivity index (χ0n) is 10.5. The van der Waals surface area contributed by atoms with E-state index in [9.17, 15) is 0 Å². The van der Waals surface area contributed by atoms with Crippen LogP contribution < -0.4 is 0 Å². The van der Waals surface area contributed by atoms with Crippen molar-refractivity contribution in [1.29, 1.82) is 0 Å². The average molecular weight is 247 g/mol. The highest BCUT2D eigenvalue weighted by atomic mass is 16.6. The van der Waals surface area contributed by atoms with E-state index in [1.165, 1.54) is 27.4 Å². The standard InChI is InChI=1S/C17H13NO/c1-2-4-14-10(3-1)9-11-5-6-13-12(16(11)18-14)7-8-15-17(13)19-15/h1-6,9,15,17H,7-8H2. The number of fused-ring (bicyclic) bond motifs is 6. The maximum atomic E-state index is 5.71. The Kier molecular flexibility index (Phi) is 1.74. The molecule has 2 heteroatoms. The van der Waals surface area contributed by atoms with Crippen molar-refractivity contribution in [3.05, 3.63) is 53.6 Å². The molecule has 0 N–H and O–H groups in total. The SMILES string of the molecule is c1ccc2nc3c4c(ccc3cc2c1)C1OC1CC4. The minimum absolute atomic E-state index is 0.349. The van der Waals surface area contributed by atoms with E-state index in [1.807, 2.05) is 0 Å². The zero-order chi connectivity index (χ0) is 12.4. The molecule has 1 saturated heterocycles. The van der Waals surface area contributed by atoms with Crippen LogP contribution in [0.15, 0.2) is 42.5 Å². The number of aromatic nitrogens is 1. The summed E-state index contributed by atoms with van der Waals surface area (Å²) < 4.78 is 5.71. The van der Waals surface area contributed by atoms with E-state index >= 15 is 0 Å². The number of nitrogens with zero attached hydrogens (tertiary/aromatic N) is 1. The summed E-state index contributed by atoms with van der Waals surface area (Å²) in [5.74, 6) is 0. The maximum Gasteiger partial charge on any atom is 0.110 e. The van der Waals surface area contributed by atoms with Crippen LogP contribution in [0.3, 0.4) is 0 Å². The number of ether oxygens (including phenoxy) is 1. The van der Waals surface area contributed by atoms with Crippen LogP contribution >= 0.6 is 0 Å². The van der Waals surface area contributed by atoms with E-state index < -0.39 is 0 Å². The molecule has 1 fully saturated rings. The zero-order valence-corrected chi connectivity index (χ0v) is 10.5. The topological polar surface area (TPSA) is 25.4 Å². The Hall–Kier alpha value is -1.93. The number of epoxide rings is 1. The molecule has 0 radical (unpaired) electrons. The second-order valence-electron chi connectivity index (χ2n) is 5.52. The number of pyridine rings is 1.